The number of anilines is 1. The maximum absolute atomic E-state index is 12.3. The molecule has 0 fully saturated rings. The van der Waals surface area contributed by atoms with E-state index in [1.54, 1.807) is 36.4 Å². The normalized spacial score (nSPS) is 11.3. The summed E-state index contributed by atoms with van der Waals surface area (Å²) < 4.78 is 0. The highest BCUT2D eigenvalue weighted by molar-refractivity contribution is 5.97. The lowest BCUT2D eigenvalue weighted by Gasteiger charge is -2.19. The van der Waals surface area contributed by atoms with Crippen LogP contribution in [0.2, 0.25) is 0 Å². The number of carbonyl (C=O) groups excluding carboxylic acids is 3. The Morgan fingerprint density at radius 3 is 2.39 bits per heavy atom. The second kappa shape index (κ2) is 14.6. The summed E-state index contributed by atoms with van der Waals surface area (Å²) >= 11 is 0. The minimum atomic E-state index is -1.32. The van der Waals surface area contributed by atoms with E-state index in [1.807, 2.05) is 6.07 Å². The molecule has 2 aromatic carbocycles. The van der Waals surface area contributed by atoms with Gasteiger partial charge in [0.1, 0.15) is 6.04 Å². The van der Waals surface area contributed by atoms with Crippen LogP contribution in [0, 0.1) is 35.0 Å². The molecule has 0 heterocycles. The fraction of sp³-hybridized carbons (Fsp3) is 0.231. The van der Waals surface area contributed by atoms with Crippen LogP contribution < -0.4 is 21.4 Å². The minimum Gasteiger partial charge on any atom is -0.391 e. The van der Waals surface area contributed by atoms with E-state index in [0.29, 0.717) is 29.8 Å². The molecule has 6 N–H and O–H groups in total. The van der Waals surface area contributed by atoms with Gasteiger partial charge >= 0.3 is 0 Å². The zero-order chi connectivity index (χ0) is 26.3. The molecule has 2 rings (SSSR count). The number of rotatable bonds is 9. The van der Waals surface area contributed by atoms with Gasteiger partial charge < -0.3 is 21.1 Å². The number of aliphatic hydroxyl groups excluding tert-OH is 1. The molecular formula is C26H25N5O5. The predicted octanol–water partition coefficient (Wildman–Crippen LogP) is 0.516. The highest BCUT2D eigenvalue weighted by Crippen LogP contribution is 2.13. The van der Waals surface area contributed by atoms with Crippen LogP contribution in [0.4, 0.5) is 5.69 Å². The maximum atomic E-state index is 12.3. The number of nitrogens with zero attached hydrogens (tertiary/aromatic N) is 1. The summed E-state index contributed by atoms with van der Waals surface area (Å²) in [5.74, 6) is 9.39. The summed E-state index contributed by atoms with van der Waals surface area (Å²) in [5.41, 5.74) is 3.35. The third kappa shape index (κ3) is 8.94. The van der Waals surface area contributed by atoms with Gasteiger partial charge in [-0.25, -0.2) is 5.48 Å². The van der Waals surface area contributed by atoms with Crippen molar-refractivity contribution in [1.82, 2.24) is 16.1 Å². The fourth-order valence-electron chi connectivity index (χ4n) is 2.85. The summed E-state index contributed by atoms with van der Waals surface area (Å²) in [4.78, 5) is 35.9. The van der Waals surface area contributed by atoms with Crippen molar-refractivity contribution in [3.05, 3.63) is 65.2 Å². The van der Waals surface area contributed by atoms with Gasteiger partial charge in [-0.1, -0.05) is 24.0 Å². The Hall–Kier alpha value is -4.66. The van der Waals surface area contributed by atoms with Crippen molar-refractivity contribution in [1.29, 1.82) is 5.26 Å². The van der Waals surface area contributed by atoms with Crippen LogP contribution in [0.3, 0.4) is 0 Å². The Kier molecular flexibility index (Phi) is 11.2. The first-order valence-electron chi connectivity index (χ1n) is 10.9. The van der Waals surface area contributed by atoms with Gasteiger partial charge in [-0.15, -0.1) is 0 Å². The second-order valence-electron chi connectivity index (χ2n) is 7.42. The molecule has 0 radical (unpaired) electrons. The highest BCUT2D eigenvalue weighted by atomic mass is 16.5. The first-order valence-corrected chi connectivity index (χ1v) is 10.9. The molecule has 0 spiro atoms. The first-order chi connectivity index (χ1) is 17.3. The van der Waals surface area contributed by atoms with E-state index in [4.69, 9.17) is 10.5 Å². The molecular weight excluding hydrogens is 462 g/mol. The molecule has 0 unspecified atom stereocenters. The molecule has 184 valence electrons. The maximum Gasteiger partial charge on any atom is 0.268 e. The Morgan fingerprint density at radius 1 is 1.03 bits per heavy atom. The molecule has 0 bridgehead atoms. The van der Waals surface area contributed by atoms with Crippen LogP contribution >= 0.6 is 0 Å². The number of hydrogen-bond acceptors (Lipinski definition) is 7. The number of hydrogen-bond donors (Lipinski definition) is 6. The van der Waals surface area contributed by atoms with E-state index >= 15 is 0 Å². The zero-order valence-electron chi connectivity index (χ0n) is 19.5. The summed E-state index contributed by atoms with van der Waals surface area (Å²) in [7, 11) is 0. The lowest BCUT2D eigenvalue weighted by molar-refractivity contribution is -0.133. The molecule has 0 aromatic heterocycles. The number of hydroxylamine groups is 1. The second-order valence-corrected chi connectivity index (χ2v) is 7.42. The SMILES string of the molecule is C[C@@H](O)[C@H](NC(=O)c1ccc(C#CC#Cc2ccccc2NC(=O)CNCCC#N)cc1)C(=O)NO. The Bertz CT molecular complexity index is 1240. The van der Waals surface area contributed by atoms with Crippen LogP contribution in [0.5, 0.6) is 0 Å². The van der Waals surface area contributed by atoms with E-state index in [1.165, 1.54) is 24.5 Å². The molecule has 10 heteroatoms. The van der Waals surface area contributed by atoms with Crippen LogP contribution in [-0.4, -0.2) is 53.3 Å². The van der Waals surface area contributed by atoms with Crippen molar-refractivity contribution in [2.75, 3.05) is 18.4 Å². The third-order valence-corrected chi connectivity index (χ3v) is 4.68. The van der Waals surface area contributed by atoms with E-state index in [9.17, 15) is 19.5 Å². The molecule has 3 amide bonds. The molecule has 36 heavy (non-hydrogen) atoms. The van der Waals surface area contributed by atoms with E-state index in [0.717, 1.165) is 0 Å². The number of aliphatic hydroxyl groups is 1. The molecule has 0 aliphatic rings. The average molecular weight is 488 g/mol. The lowest BCUT2D eigenvalue weighted by atomic mass is 10.1. The van der Waals surface area contributed by atoms with Gasteiger partial charge in [0.05, 0.1) is 24.4 Å². The standard InChI is InChI=1S/C26H25N5O5/c1-18(32)24(26(35)31-36)30-25(34)21-13-11-19(12-14-21)7-2-3-8-20-9-4-5-10-22(20)29-23(33)17-28-16-6-15-27/h4-5,9-14,18,24,28,32,36H,6,16-17H2,1H3,(H,29,33)(H,30,34)(H,31,35)/t18-,24+/m1/s1. The largest absolute Gasteiger partial charge is 0.391 e. The quantitative estimate of drug-likeness (QED) is 0.130. The van der Waals surface area contributed by atoms with Gasteiger partial charge in [-0.3, -0.25) is 19.6 Å². The summed E-state index contributed by atoms with van der Waals surface area (Å²) in [6.45, 7) is 1.81. The zero-order valence-corrected chi connectivity index (χ0v) is 19.5. The van der Waals surface area contributed by atoms with Crippen LogP contribution in [-0.2, 0) is 9.59 Å². The van der Waals surface area contributed by atoms with Gasteiger partial charge in [0, 0.05) is 29.7 Å². The molecule has 0 aliphatic heterocycles. The monoisotopic (exact) mass is 487 g/mol. The minimum absolute atomic E-state index is 0.0750. The number of benzene rings is 2. The molecule has 0 saturated heterocycles. The van der Waals surface area contributed by atoms with Crippen molar-refractivity contribution in [3.63, 3.8) is 0 Å². The van der Waals surface area contributed by atoms with Crippen molar-refractivity contribution in [3.8, 4) is 29.8 Å². The summed E-state index contributed by atoms with van der Waals surface area (Å²) in [6, 6.07) is 13.9. The topological polar surface area (TPSA) is 164 Å². The lowest BCUT2D eigenvalue weighted by Crippen LogP contribution is -2.51. The van der Waals surface area contributed by atoms with Gasteiger partial charge in [0.2, 0.25) is 5.91 Å². The molecule has 0 saturated carbocycles. The van der Waals surface area contributed by atoms with Crippen LogP contribution in [0.15, 0.2) is 48.5 Å². The highest BCUT2D eigenvalue weighted by Gasteiger charge is 2.25. The number of nitrogens with one attached hydrogen (secondary N) is 4. The van der Waals surface area contributed by atoms with Gasteiger partial charge in [0.15, 0.2) is 0 Å². The smallest absolute Gasteiger partial charge is 0.268 e. The van der Waals surface area contributed by atoms with Crippen LogP contribution in [0.1, 0.15) is 34.8 Å². The van der Waals surface area contributed by atoms with E-state index in [-0.39, 0.29) is 18.0 Å². The van der Waals surface area contributed by atoms with Gasteiger partial charge in [-0.05, 0) is 55.2 Å². The Balaban J connectivity index is 2.01. The Labute approximate surface area is 208 Å². The molecule has 2 atom stereocenters. The predicted molar refractivity (Wildman–Crippen MR) is 131 cm³/mol. The number of nitriles is 1. The van der Waals surface area contributed by atoms with Crippen molar-refractivity contribution in [2.45, 2.75) is 25.5 Å². The van der Waals surface area contributed by atoms with Crippen molar-refractivity contribution >= 4 is 23.4 Å². The first kappa shape index (κ1) is 27.6. The van der Waals surface area contributed by atoms with Gasteiger partial charge in [0.25, 0.3) is 11.8 Å². The van der Waals surface area contributed by atoms with Crippen molar-refractivity contribution < 1.29 is 24.7 Å². The van der Waals surface area contributed by atoms with Gasteiger partial charge in [-0.2, -0.15) is 5.26 Å². The van der Waals surface area contributed by atoms with E-state index < -0.39 is 24.0 Å². The number of para-hydroxylation sites is 1. The fourth-order valence-corrected chi connectivity index (χ4v) is 2.85. The van der Waals surface area contributed by atoms with E-state index in [2.05, 4.69) is 39.6 Å². The number of amides is 3. The number of carbonyl (C=O) groups is 3. The summed E-state index contributed by atoms with van der Waals surface area (Å²) in [6.07, 6.45) is -0.897. The molecule has 10 nitrogen and oxygen atoms in total. The Morgan fingerprint density at radius 2 is 1.72 bits per heavy atom. The average Bonchev–Trinajstić information content (AvgIpc) is 2.88. The van der Waals surface area contributed by atoms with Crippen molar-refractivity contribution in [2.24, 2.45) is 0 Å². The molecule has 2 aromatic rings. The third-order valence-electron chi connectivity index (χ3n) is 4.68. The molecule has 0 aliphatic carbocycles. The summed E-state index contributed by atoms with van der Waals surface area (Å²) in [5, 5.41) is 34.9. The van der Waals surface area contributed by atoms with Crippen LogP contribution in [0.25, 0.3) is 0 Å².